The van der Waals surface area contributed by atoms with Gasteiger partial charge in [-0.15, -0.1) is 0 Å². The van der Waals surface area contributed by atoms with Crippen LogP contribution < -0.4 is 10.9 Å². The summed E-state index contributed by atoms with van der Waals surface area (Å²) in [4.78, 5) is 36.5. The molecule has 0 bridgehead atoms. The molecule has 0 atom stereocenters. The number of aromatic nitrogens is 2. The van der Waals surface area contributed by atoms with Crippen LogP contribution in [0.1, 0.15) is 51.8 Å². The van der Waals surface area contributed by atoms with E-state index in [1.54, 1.807) is 45.9 Å². The summed E-state index contributed by atoms with van der Waals surface area (Å²) in [6.45, 7) is 7.50. The highest BCUT2D eigenvalue weighted by Gasteiger charge is 2.52. The highest BCUT2D eigenvalue weighted by molar-refractivity contribution is 5.90. The minimum atomic E-state index is -0.650. The Kier molecular flexibility index (Phi) is 5.14. The second-order valence-corrected chi connectivity index (χ2v) is 7.92. The maximum atomic E-state index is 12.4. The first-order valence-electron chi connectivity index (χ1n) is 9.32. The SMILES string of the molecule is CCOC(=O)C1(c2ccc3c(=O)[nH]nc(CNC(=O)OC(C)(C)C)c3c2)CC1. The lowest BCUT2D eigenvalue weighted by Gasteiger charge is -2.19. The summed E-state index contributed by atoms with van der Waals surface area (Å²) in [6.07, 6.45) is 0.841. The molecule has 1 heterocycles. The van der Waals surface area contributed by atoms with Crippen LogP contribution in [0, 0.1) is 0 Å². The quantitative estimate of drug-likeness (QED) is 0.763. The van der Waals surface area contributed by atoms with E-state index >= 15 is 0 Å². The lowest BCUT2D eigenvalue weighted by molar-refractivity contribution is -0.146. The molecule has 1 saturated carbocycles. The Balaban J connectivity index is 1.92. The third-order valence-corrected chi connectivity index (χ3v) is 4.64. The second-order valence-electron chi connectivity index (χ2n) is 7.92. The van der Waals surface area contributed by atoms with Gasteiger partial charge in [-0.25, -0.2) is 9.89 Å². The standard InChI is InChI=1S/C20H25N3O5/c1-5-27-17(25)20(8-9-20)12-6-7-13-14(10-12)15(22-23-16(13)24)11-21-18(26)28-19(2,3)4/h6-7,10H,5,8-9,11H2,1-4H3,(H,21,26)(H,23,24). The smallest absolute Gasteiger partial charge is 0.407 e. The van der Waals surface area contributed by atoms with E-state index in [1.165, 1.54) is 0 Å². The van der Waals surface area contributed by atoms with Gasteiger partial charge in [0, 0.05) is 5.39 Å². The average molecular weight is 387 g/mol. The maximum Gasteiger partial charge on any atom is 0.407 e. The van der Waals surface area contributed by atoms with Crippen LogP contribution in [0.25, 0.3) is 10.8 Å². The van der Waals surface area contributed by atoms with Crippen LogP contribution in [0.4, 0.5) is 4.79 Å². The average Bonchev–Trinajstić information content (AvgIpc) is 3.42. The molecular weight excluding hydrogens is 362 g/mol. The number of H-pyrrole nitrogens is 1. The molecule has 0 aliphatic heterocycles. The Bertz CT molecular complexity index is 970. The number of ether oxygens (including phenoxy) is 2. The first-order valence-corrected chi connectivity index (χ1v) is 9.32. The Morgan fingerprint density at radius 1 is 1.25 bits per heavy atom. The molecule has 0 spiro atoms. The third-order valence-electron chi connectivity index (χ3n) is 4.64. The number of fused-ring (bicyclic) bond motifs is 1. The predicted octanol–water partition coefficient (Wildman–Crippen LogP) is 2.54. The molecule has 3 rings (SSSR count). The van der Waals surface area contributed by atoms with Crippen molar-refractivity contribution in [3.63, 3.8) is 0 Å². The molecule has 8 heteroatoms. The molecule has 1 amide bonds. The summed E-state index contributed by atoms with van der Waals surface area (Å²) >= 11 is 0. The number of nitrogens with zero attached hydrogens (tertiary/aromatic N) is 1. The summed E-state index contributed by atoms with van der Waals surface area (Å²) in [5.41, 5.74) is -0.312. The van der Waals surface area contributed by atoms with Gasteiger partial charge in [0.1, 0.15) is 5.60 Å². The van der Waals surface area contributed by atoms with Crippen LogP contribution in [-0.2, 0) is 26.2 Å². The summed E-state index contributed by atoms with van der Waals surface area (Å²) in [5.74, 6) is -0.249. The predicted molar refractivity (Wildman–Crippen MR) is 103 cm³/mol. The fourth-order valence-electron chi connectivity index (χ4n) is 3.13. The van der Waals surface area contributed by atoms with Gasteiger partial charge in [0.2, 0.25) is 0 Å². The van der Waals surface area contributed by atoms with E-state index in [1.807, 2.05) is 0 Å². The summed E-state index contributed by atoms with van der Waals surface area (Å²) in [6, 6.07) is 5.27. The molecule has 8 nitrogen and oxygen atoms in total. The number of aromatic amines is 1. The van der Waals surface area contributed by atoms with Gasteiger partial charge in [0.05, 0.1) is 29.6 Å². The van der Waals surface area contributed by atoms with Crippen molar-refractivity contribution in [2.75, 3.05) is 6.61 Å². The van der Waals surface area contributed by atoms with E-state index in [9.17, 15) is 14.4 Å². The molecule has 1 aromatic carbocycles. The highest BCUT2D eigenvalue weighted by atomic mass is 16.6. The number of rotatable bonds is 5. The lowest BCUT2D eigenvalue weighted by atomic mass is 9.93. The number of carbonyl (C=O) groups is 2. The van der Waals surface area contributed by atoms with E-state index < -0.39 is 17.1 Å². The van der Waals surface area contributed by atoms with Crippen molar-refractivity contribution in [3.05, 3.63) is 39.8 Å². The monoisotopic (exact) mass is 387 g/mol. The second kappa shape index (κ2) is 7.26. The molecule has 150 valence electrons. The molecule has 2 aromatic rings. The van der Waals surface area contributed by atoms with E-state index in [-0.39, 0.29) is 18.1 Å². The largest absolute Gasteiger partial charge is 0.465 e. The molecule has 1 aliphatic carbocycles. The van der Waals surface area contributed by atoms with E-state index in [0.29, 0.717) is 35.9 Å². The van der Waals surface area contributed by atoms with Gasteiger partial charge in [-0.2, -0.15) is 5.10 Å². The third kappa shape index (κ3) is 4.00. The van der Waals surface area contributed by atoms with Crippen molar-refractivity contribution in [2.24, 2.45) is 0 Å². The number of carbonyl (C=O) groups excluding carboxylic acids is 2. The van der Waals surface area contributed by atoms with Crippen molar-refractivity contribution in [2.45, 2.75) is 58.1 Å². The number of esters is 1. The number of alkyl carbamates (subject to hydrolysis) is 1. The van der Waals surface area contributed by atoms with Gasteiger partial charge in [0.25, 0.3) is 5.56 Å². The van der Waals surface area contributed by atoms with Crippen LogP contribution in [0.2, 0.25) is 0 Å². The van der Waals surface area contributed by atoms with Crippen molar-refractivity contribution < 1.29 is 19.1 Å². The van der Waals surface area contributed by atoms with E-state index in [0.717, 1.165) is 5.56 Å². The van der Waals surface area contributed by atoms with Crippen LogP contribution in [0.15, 0.2) is 23.0 Å². The van der Waals surface area contributed by atoms with Crippen LogP contribution in [0.3, 0.4) is 0 Å². The number of nitrogens with one attached hydrogen (secondary N) is 2. The number of hydrogen-bond acceptors (Lipinski definition) is 6. The zero-order chi connectivity index (χ0) is 20.5. The van der Waals surface area contributed by atoms with Crippen LogP contribution in [0.5, 0.6) is 0 Å². The Morgan fingerprint density at radius 2 is 1.96 bits per heavy atom. The molecular formula is C20H25N3O5. The Morgan fingerprint density at radius 3 is 2.57 bits per heavy atom. The van der Waals surface area contributed by atoms with Gasteiger partial charge in [-0.1, -0.05) is 6.07 Å². The molecule has 28 heavy (non-hydrogen) atoms. The normalized spacial score (nSPS) is 15.1. The molecule has 1 aliphatic rings. The van der Waals surface area contributed by atoms with Crippen molar-refractivity contribution in [1.29, 1.82) is 0 Å². The fraction of sp³-hybridized carbons (Fsp3) is 0.500. The molecule has 0 unspecified atom stereocenters. The first-order chi connectivity index (χ1) is 13.2. The van der Waals surface area contributed by atoms with E-state index in [2.05, 4.69) is 15.5 Å². The number of amides is 1. The van der Waals surface area contributed by atoms with E-state index in [4.69, 9.17) is 9.47 Å². The molecule has 0 radical (unpaired) electrons. The number of hydrogen-bond donors (Lipinski definition) is 2. The Hall–Kier alpha value is -2.90. The van der Waals surface area contributed by atoms with Crippen LogP contribution in [-0.4, -0.2) is 34.5 Å². The van der Waals surface area contributed by atoms with Gasteiger partial charge >= 0.3 is 12.1 Å². The molecule has 2 N–H and O–H groups in total. The lowest BCUT2D eigenvalue weighted by Crippen LogP contribution is -2.32. The zero-order valence-electron chi connectivity index (χ0n) is 16.5. The molecule has 0 saturated heterocycles. The molecule has 1 aromatic heterocycles. The summed E-state index contributed by atoms with van der Waals surface area (Å²) in [5, 5.41) is 10.2. The topological polar surface area (TPSA) is 110 Å². The van der Waals surface area contributed by atoms with Crippen molar-refractivity contribution in [3.8, 4) is 0 Å². The van der Waals surface area contributed by atoms with Gasteiger partial charge in [-0.3, -0.25) is 9.59 Å². The fourth-order valence-corrected chi connectivity index (χ4v) is 3.13. The summed E-state index contributed by atoms with van der Waals surface area (Å²) < 4.78 is 10.4. The van der Waals surface area contributed by atoms with Gasteiger partial charge in [0.15, 0.2) is 0 Å². The van der Waals surface area contributed by atoms with Gasteiger partial charge < -0.3 is 14.8 Å². The number of benzene rings is 1. The minimum absolute atomic E-state index is 0.0814. The Labute approximate surface area is 162 Å². The zero-order valence-corrected chi connectivity index (χ0v) is 16.5. The molecule has 1 fully saturated rings. The summed E-state index contributed by atoms with van der Waals surface area (Å²) in [7, 11) is 0. The highest BCUT2D eigenvalue weighted by Crippen LogP contribution is 2.49. The first kappa shape index (κ1) is 19.9. The van der Waals surface area contributed by atoms with Crippen LogP contribution >= 0.6 is 0 Å². The van der Waals surface area contributed by atoms with Crippen molar-refractivity contribution in [1.82, 2.24) is 15.5 Å². The minimum Gasteiger partial charge on any atom is -0.465 e. The van der Waals surface area contributed by atoms with Gasteiger partial charge in [-0.05, 0) is 58.2 Å². The maximum absolute atomic E-state index is 12.4. The van der Waals surface area contributed by atoms with Crippen molar-refractivity contribution >= 4 is 22.8 Å².